The number of rotatable bonds is 2. The first-order valence-corrected chi connectivity index (χ1v) is 4.24. The highest BCUT2D eigenvalue weighted by atomic mass is 16.5. The minimum absolute atomic E-state index is 0.326. The number of aromatic nitrogens is 1. The molecule has 3 nitrogen and oxygen atoms in total. The molecule has 1 aromatic rings. The van der Waals surface area contributed by atoms with E-state index in [0.29, 0.717) is 5.56 Å². The molecule has 70 valence electrons. The van der Waals surface area contributed by atoms with Gasteiger partial charge >= 0.3 is 5.97 Å². The fraction of sp³-hybridized carbons (Fsp3) is 0.400. The second kappa shape index (κ2) is 4.03. The van der Waals surface area contributed by atoms with Crippen LogP contribution in [0.5, 0.6) is 0 Å². The number of hydrogen-bond acceptors (Lipinski definition) is 3. The lowest BCUT2D eigenvalue weighted by atomic mass is 10.1. The Balaban J connectivity index is 3.05. The summed E-state index contributed by atoms with van der Waals surface area (Å²) in [6.07, 6.45) is 0.877. The molecule has 0 saturated heterocycles. The van der Waals surface area contributed by atoms with E-state index in [1.807, 2.05) is 19.9 Å². The van der Waals surface area contributed by atoms with Crippen LogP contribution in [0.1, 0.15) is 28.7 Å². The summed E-state index contributed by atoms with van der Waals surface area (Å²) in [5.74, 6) is -0.326. The molecule has 1 heterocycles. The second-order valence-electron chi connectivity index (χ2n) is 2.78. The summed E-state index contributed by atoms with van der Waals surface area (Å²) in [4.78, 5) is 15.4. The molecule has 0 atom stereocenters. The van der Waals surface area contributed by atoms with Crippen molar-refractivity contribution in [3.63, 3.8) is 0 Å². The number of esters is 1. The van der Waals surface area contributed by atoms with E-state index >= 15 is 0 Å². The van der Waals surface area contributed by atoms with E-state index in [1.165, 1.54) is 7.11 Å². The van der Waals surface area contributed by atoms with Crippen molar-refractivity contribution in [3.8, 4) is 0 Å². The van der Waals surface area contributed by atoms with E-state index in [9.17, 15) is 4.79 Å². The van der Waals surface area contributed by atoms with E-state index in [1.54, 1.807) is 6.07 Å². The van der Waals surface area contributed by atoms with Gasteiger partial charge in [-0.15, -0.1) is 0 Å². The van der Waals surface area contributed by atoms with Crippen molar-refractivity contribution >= 4 is 5.97 Å². The second-order valence-corrected chi connectivity index (χ2v) is 2.78. The Morgan fingerprint density at radius 3 is 2.69 bits per heavy atom. The number of carbonyl (C=O) groups excluding carboxylic acids is 1. The van der Waals surface area contributed by atoms with Gasteiger partial charge in [0.05, 0.1) is 18.4 Å². The summed E-state index contributed by atoms with van der Waals surface area (Å²) in [5.41, 5.74) is 2.26. The molecule has 0 spiro atoms. The van der Waals surface area contributed by atoms with E-state index in [-0.39, 0.29) is 5.97 Å². The molecule has 0 amide bonds. The maximum absolute atomic E-state index is 11.2. The average Bonchev–Trinajstić information content (AvgIpc) is 2.16. The van der Waals surface area contributed by atoms with E-state index in [4.69, 9.17) is 0 Å². The molecule has 0 fully saturated rings. The van der Waals surface area contributed by atoms with Crippen LogP contribution < -0.4 is 0 Å². The molecular formula is C10H13NO2. The van der Waals surface area contributed by atoms with Crippen LogP contribution in [0.2, 0.25) is 0 Å². The zero-order valence-electron chi connectivity index (χ0n) is 8.13. The van der Waals surface area contributed by atoms with E-state index in [0.717, 1.165) is 17.8 Å². The molecule has 0 aromatic carbocycles. The van der Waals surface area contributed by atoms with Crippen LogP contribution in [0.3, 0.4) is 0 Å². The number of methoxy groups -OCH3 is 1. The quantitative estimate of drug-likeness (QED) is 0.649. The van der Waals surface area contributed by atoms with Gasteiger partial charge in [0.2, 0.25) is 0 Å². The van der Waals surface area contributed by atoms with Gasteiger partial charge in [-0.25, -0.2) is 4.79 Å². The predicted octanol–water partition coefficient (Wildman–Crippen LogP) is 1.74. The van der Waals surface area contributed by atoms with Crippen molar-refractivity contribution in [2.75, 3.05) is 7.11 Å². The molecule has 0 aliphatic heterocycles. The Morgan fingerprint density at radius 1 is 1.54 bits per heavy atom. The molecule has 0 saturated carbocycles. The molecule has 13 heavy (non-hydrogen) atoms. The molecule has 0 radical (unpaired) electrons. The highest BCUT2D eigenvalue weighted by Gasteiger charge is 2.09. The maximum atomic E-state index is 11.2. The van der Waals surface area contributed by atoms with Crippen LogP contribution in [0.15, 0.2) is 12.1 Å². The number of nitrogens with zero attached hydrogens (tertiary/aromatic N) is 1. The summed E-state index contributed by atoms with van der Waals surface area (Å²) >= 11 is 0. The lowest BCUT2D eigenvalue weighted by molar-refractivity contribution is 0.0599. The summed E-state index contributed by atoms with van der Waals surface area (Å²) in [5, 5.41) is 0. The maximum Gasteiger partial charge on any atom is 0.339 e. The van der Waals surface area contributed by atoms with Crippen LogP contribution in [0, 0.1) is 6.92 Å². The van der Waals surface area contributed by atoms with Gasteiger partial charge in [-0.05, 0) is 25.5 Å². The standard InChI is InChI=1S/C10H13NO2/c1-4-8-5-6-9(7(2)11-8)10(12)13-3/h5-6H,4H2,1-3H3. The topological polar surface area (TPSA) is 39.2 Å². The number of ether oxygens (including phenoxy) is 1. The lowest BCUT2D eigenvalue weighted by Crippen LogP contribution is -2.06. The van der Waals surface area contributed by atoms with Gasteiger partial charge in [-0.3, -0.25) is 4.98 Å². The largest absolute Gasteiger partial charge is 0.465 e. The third-order valence-electron chi connectivity index (χ3n) is 1.91. The monoisotopic (exact) mass is 179 g/mol. The van der Waals surface area contributed by atoms with Crippen molar-refractivity contribution < 1.29 is 9.53 Å². The Labute approximate surface area is 77.8 Å². The van der Waals surface area contributed by atoms with Gasteiger partial charge in [-0.2, -0.15) is 0 Å². The van der Waals surface area contributed by atoms with Crippen molar-refractivity contribution in [1.29, 1.82) is 0 Å². The van der Waals surface area contributed by atoms with Gasteiger partial charge in [0.1, 0.15) is 0 Å². The molecule has 0 aliphatic rings. The molecule has 0 aliphatic carbocycles. The van der Waals surface area contributed by atoms with Crippen molar-refractivity contribution in [1.82, 2.24) is 4.98 Å². The number of hydrogen-bond donors (Lipinski definition) is 0. The number of pyridine rings is 1. The van der Waals surface area contributed by atoms with Crippen LogP contribution in [-0.4, -0.2) is 18.1 Å². The van der Waals surface area contributed by atoms with Crippen LogP contribution in [0.25, 0.3) is 0 Å². The zero-order chi connectivity index (χ0) is 9.84. The minimum Gasteiger partial charge on any atom is -0.465 e. The molecule has 0 N–H and O–H groups in total. The van der Waals surface area contributed by atoms with Crippen molar-refractivity contribution in [3.05, 3.63) is 29.1 Å². The first-order valence-electron chi connectivity index (χ1n) is 4.24. The van der Waals surface area contributed by atoms with Gasteiger partial charge in [0.25, 0.3) is 0 Å². The molecule has 1 aromatic heterocycles. The van der Waals surface area contributed by atoms with Crippen molar-refractivity contribution in [2.24, 2.45) is 0 Å². The summed E-state index contributed by atoms with van der Waals surface area (Å²) in [6, 6.07) is 3.60. The minimum atomic E-state index is -0.326. The highest BCUT2D eigenvalue weighted by molar-refractivity contribution is 5.90. The first kappa shape index (κ1) is 9.71. The first-order chi connectivity index (χ1) is 6.19. The third-order valence-corrected chi connectivity index (χ3v) is 1.91. The van der Waals surface area contributed by atoms with Crippen LogP contribution >= 0.6 is 0 Å². The van der Waals surface area contributed by atoms with Gasteiger partial charge in [0, 0.05) is 5.69 Å². The van der Waals surface area contributed by atoms with Crippen molar-refractivity contribution in [2.45, 2.75) is 20.3 Å². The summed E-state index contributed by atoms with van der Waals surface area (Å²) < 4.78 is 4.61. The average molecular weight is 179 g/mol. The molecule has 0 unspecified atom stereocenters. The fourth-order valence-corrected chi connectivity index (χ4v) is 1.14. The van der Waals surface area contributed by atoms with E-state index in [2.05, 4.69) is 9.72 Å². The smallest absolute Gasteiger partial charge is 0.339 e. The molecule has 3 heteroatoms. The third kappa shape index (κ3) is 2.05. The predicted molar refractivity (Wildman–Crippen MR) is 49.7 cm³/mol. The molecule has 1 rings (SSSR count). The van der Waals surface area contributed by atoms with Gasteiger partial charge < -0.3 is 4.74 Å². The number of carbonyl (C=O) groups is 1. The van der Waals surface area contributed by atoms with E-state index < -0.39 is 0 Å². The Morgan fingerprint density at radius 2 is 2.23 bits per heavy atom. The SMILES string of the molecule is CCc1ccc(C(=O)OC)c(C)n1. The highest BCUT2D eigenvalue weighted by Crippen LogP contribution is 2.08. The van der Waals surface area contributed by atoms with Gasteiger partial charge in [-0.1, -0.05) is 6.92 Å². The molecular weight excluding hydrogens is 166 g/mol. The van der Waals surface area contributed by atoms with Gasteiger partial charge in [0.15, 0.2) is 0 Å². The Hall–Kier alpha value is -1.38. The Kier molecular flexibility index (Phi) is 3.01. The van der Waals surface area contributed by atoms with Crippen LogP contribution in [0.4, 0.5) is 0 Å². The summed E-state index contributed by atoms with van der Waals surface area (Å²) in [7, 11) is 1.37. The summed E-state index contributed by atoms with van der Waals surface area (Å²) in [6.45, 7) is 3.84. The fourth-order valence-electron chi connectivity index (χ4n) is 1.14. The van der Waals surface area contributed by atoms with Crippen LogP contribution in [-0.2, 0) is 11.2 Å². The lowest BCUT2D eigenvalue weighted by Gasteiger charge is -2.04. The zero-order valence-corrected chi connectivity index (χ0v) is 8.13. The Bertz CT molecular complexity index is 321. The normalized spacial score (nSPS) is 9.77. The molecule has 0 bridgehead atoms. The number of aryl methyl sites for hydroxylation is 2.